The SMILES string of the molecule is CNc1cc(CC[C@H]2CN(C(=O)c3cnco3)CCO2)ccn1. The van der Waals surface area contributed by atoms with Crippen LogP contribution in [0.4, 0.5) is 5.82 Å². The number of carbonyl (C=O) groups is 1. The van der Waals surface area contributed by atoms with E-state index in [-0.39, 0.29) is 17.8 Å². The van der Waals surface area contributed by atoms with E-state index < -0.39 is 0 Å². The fraction of sp³-hybridized carbons (Fsp3) is 0.438. The molecule has 7 nitrogen and oxygen atoms in total. The van der Waals surface area contributed by atoms with Gasteiger partial charge in [-0.1, -0.05) is 0 Å². The highest BCUT2D eigenvalue weighted by molar-refractivity contribution is 5.91. The van der Waals surface area contributed by atoms with Gasteiger partial charge in [0.15, 0.2) is 6.39 Å². The number of nitrogens with zero attached hydrogens (tertiary/aromatic N) is 3. The van der Waals surface area contributed by atoms with Gasteiger partial charge in [0.05, 0.1) is 18.9 Å². The topological polar surface area (TPSA) is 80.5 Å². The Morgan fingerprint density at radius 2 is 2.43 bits per heavy atom. The summed E-state index contributed by atoms with van der Waals surface area (Å²) in [5.41, 5.74) is 1.20. The van der Waals surface area contributed by atoms with Crippen LogP contribution < -0.4 is 5.32 Å². The number of anilines is 1. The van der Waals surface area contributed by atoms with Crippen LogP contribution in [0.1, 0.15) is 22.5 Å². The molecular formula is C16H20N4O3. The lowest BCUT2D eigenvalue weighted by molar-refractivity contribution is -0.0255. The summed E-state index contributed by atoms with van der Waals surface area (Å²) < 4.78 is 10.9. The van der Waals surface area contributed by atoms with Gasteiger partial charge in [-0.25, -0.2) is 9.97 Å². The van der Waals surface area contributed by atoms with Crippen molar-refractivity contribution in [3.05, 3.63) is 42.2 Å². The van der Waals surface area contributed by atoms with E-state index in [0.717, 1.165) is 18.7 Å². The smallest absolute Gasteiger partial charge is 0.291 e. The third-order valence-corrected chi connectivity index (χ3v) is 3.90. The van der Waals surface area contributed by atoms with Crippen molar-refractivity contribution in [3.8, 4) is 0 Å². The van der Waals surface area contributed by atoms with Gasteiger partial charge in [0.1, 0.15) is 5.82 Å². The van der Waals surface area contributed by atoms with E-state index in [2.05, 4.69) is 15.3 Å². The van der Waals surface area contributed by atoms with E-state index in [0.29, 0.717) is 19.7 Å². The number of hydrogen-bond acceptors (Lipinski definition) is 6. The predicted molar refractivity (Wildman–Crippen MR) is 84.3 cm³/mol. The molecule has 1 aliphatic rings. The molecule has 1 aliphatic heterocycles. The Balaban J connectivity index is 1.55. The number of morpholine rings is 1. The van der Waals surface area contributed by atoms with Crippen molar-refractivity contribution in [1.82, 2.24) is 14.9 Å². The normalized spacial score (nSPS) is 18.0. The average molecular weight is 316 g/mol. The molecule has 1 N–H and O–H groups in total. The molecule has 1 atom stereocenters. The number of aryl methyl sites for hydroxylation is 1. The van der Waals surface area contributed by atoms with E-state index in [1.165, 1.54) is 18.2 Å². The Morgan fingerprint density at radius 1 is 1.52 bits per heavy atom. The summed E-state index contributed by atoms with van der Waals surface area (Å²) in [5.74, 6) is 1.00. The third-order valence-electron chi connectivity index (χ3n) is 3.90. The van der Waals surface area contributed by atoms with Gasteiger partial charge < -0.3 is 19.4 Å². The first-order chi connectivity index (χ1) is 11.3. The van der Waals surface area contributed by atoms with Gasteiger partial charge in [-0.3, -0.25) is 4.79 Å². The van der Waals surface area contributed by atoms with Crippen molar-refractivity contribution in [3.63, 3.8) is 0 Å². The number of oxazole rings is 1. The molecule has 0 bridgehead atoms. The maximum Gasteiger partial charge on any atom is 0.291 e. The van der Waals surface area contributed by atoms with Crippen molar-refractivity contribution in [2.45, 2.75) is 18.9 Å². The number of hydrogen-bond donors (Lipinski definition) is 1. The minimum absolute atomic E-state index is 0.0295. The van der Waals surface area contributed by atoms with Crippen LogP contribution in [0.15, 0.2) is 35.3 Å². The molecule has 0 aromatic carbocycles. The third kappa shape index (κ3) is 3.87. The van der Waals surface area contributed by atoms with Gasteiger partial charge in [-0.2, -0.15) is 0 Å². The molecule has 1 fully saturated rings. The molecule has 2 aromatic heterocycles. The minimum atomic E-state index is -0.128. The largest absolute Gasteiger partial charge is 0.438 e. The first-order valence-corrected chi connectivity index (χ1v) is 7.68. The van der Waals surface area contributed by atoms with E-state index >= 15 is 0 Å². The van der Waals surface area contributed by atoms with Crippen LogP contribution >= 0.6 is 0 Å². The maximum atomic E-state index is 12.3. The van der Waals surface area contributed by atoms with Gasteiger partial charge in [-0.05, 0) is 30.5 Å². The summed E-state index contributed by atoms with van der Waals surface area (Å²) >= 11 is 0. The number of aromatic nitrogens is 2. The molecular weight excluding hydrogens is 296 g/mol. The molecule has 0 aliphatic carbocycles. The zero-order valence-corrected chi connectivity index (χ0v) is 13.1. The Bertz CT molecular complexity index is 645. The number of pyridine rings is 1. The number of rotatable bonds is 5. The maximum absolute atomic E-state index is 12.3. The van der Waals surface area contributed by atoms with Crippen LogP contribution in [0.25, 0.3) is 0 Å². The van der Waals surface area contributed by atoms with Gasteiger partial charge in [0.25, 0.3) is 5.91 Å². The van der Waals surface area contributed by atoms with Gasteiger partial charge >= 0.3 is 0 Å². The fourth-order valence-corrected chi connectivity index (χ4v) is 2.65. The second-order valence-corrected chi connectivity index (χ2v) is 5.45. The van der Waals surface area contributed by atoms with Gasteiger partial charge in [-0.15, -0.1) is 0 Å². The number of amides is 1. The monoisotopic (exact) mass is 316 g/mol. The van der Waals surface area contributed by atoms with Gasteiger partial charge in [0.2, 0.25) is 5.76 Å². The molecule has 0 spiro atoms. The zero-order chi connectivity index (χ0) is 16.1. The highest BCUT2D eigenvalue weighted by Crippen LogP contribution is 2.16. The van der Waals surface area contributed by atoms with Crippen LogP contribution in [0.5, 0.6) is 0 Å². The molecule has 122 valence electrons. The first kappa shape index (κ1) is 15.5. The second-order valence-electron chi connectivity index (χ2n) is 5.45. The van der Waals surface area contributed by atoms with Crippen LogP contribution in [-0.2, 0) is 11.2 Å². The standard InChI is InChI=1S/C16H20N4O3/c1-17-15-8-12(4-5-19-15)2-3-13-10-20(6-7-22-13)16(21)14-9-18-11-23-14/h4-5,8-9,11,13H,2-3,6-7,10H2,1H3,(H,17,19)/t13-/m0/s1. The molecule has 23 heavy (non-hydrogen) atoms. The highest BCUT2D eigenvalue weighted by atomic mass is 16.5. The quantitative estimate of drug-likeness (QED) is 0.902. The van der Waals surface area contributed by atoms with Crippen molar-refractivity contribution in [2.75, 3.05) is 32.1 Å². The number of ether oxygens (including phenoxy) is 1. The summed E-state index contributed by atoms with van der Waals surface area (Å²) in [5, 5.41) is 3.03. The first-order valence-electron chi connectivity index (χ1n) is 7.68. The van der Waals surface area contributed by atoms with Gasteiger partial charge in [0, 0.05) is 26.3 Å². The lowest BCUT2D eigenvalue weighted by atomic mass is 10.1. The van der Waals surface area contributed by atoms with Crippen molar-refractivity contribution in [1.29, 1.82) is 0 Å². The molecule has 0 saturated carbocycles. The summed E-state index contributed by atoms with van der Waals surface area (Å²) in [6, 6.07) is 4.03. The Labute approximate surface area is 134 Å². The number of nitrogens with one attached hydrogen (secondary N) is 1. The Morgan fingerprint density at radius 3 is 3.22 bits per heavy atom. The summed E-state index contributed by atoms with van der Waals surface area (Å²) in [6.45, 7) is 1.70. The molecule has 3 heterocycles. The van der Waals surface area contributed by atoms with Crippen molar-refractivity contribution >= 4 is 11.7 Å². The summed E-state index contributed by atoms with van der Waals surface area (Å²) in [4.78, 5) is 22.0. The van der Waals surface area contributed by atoms with E-state index in [1.807, 2.05) is 19.2 Å². The lowest BCUT2D eigenvalue weighted by Gasteiger charge is -2.32. The minimum Gasteiger partial charge on any atom is -0.438 e. The van der Waals surface area contributed by atoms with Crippen LogP contribution in [-0.4, -0.2) is 53.6 Å². The number of carbonyl (C=O) groups excluding carboxylic acids is 1. The molecule has 2 aromatic rings. The molecule has 3 rings (SSSR count). The Kier molecular flexibility index (Phi) is 4.87. The lowest BCUT2D eigenvalue weighted by Crippen LogP contribution is -2.45. The molecule has 0 unspecified atom stereocenters. The molecule has 7 heteroatoms. The van der Waals surface area contributed by atoms with Crippen LogP contribution in [0, 0.1) is 0 Å². The zero-order valence-electron chi connectivity index (χ0n) is 13.1. The summed E-state index contributed by atoms with van der Waals surface area (Å²) in [6.07, 6.45) is 6.28. The van der Waals surface area contributed by atoms with E-state index in [4.69, 9.17) is 9.15 Å². The van der Waals surface area contributed by atoms with Crippen LogP contribution in [0.3, 0.4) is 0 Å². The molecule has 0 radical (unpaired) electrons. The second kappa shape index (κ2) is 7.23. The highest BCUT2D eigenvalue weighted by Gasteiger charge is 2.26. The predicted octanol–water partition coefficient (Wildman–Crippen LogP) is 1.59. The molecule has 1 saturated heterocycles. The fourth-order valence-electron chi connectivity index (χ4n) is 2.65. The van der Waals surface area contributed by atoms with Crippen LogP contribution in [0.2, 0.25) is 0 Å². The van der Waals surface area contributed by atoms with Crippen molar-refractivity contribution in [2.24, 2.45) is 0 Å². The summed E-state index contributed by atoms with van der Waals surface area (Å²) in [7, 11) is 1.85. The molecule has 1 amide bonds. The Hall–Kier alpha value is -2.41. The van der Waals surface area contributed by atoms with E-state index in [1.54, 1.807) is 11.1 Å². The average Bonchev–Trinajstić information content (AvgIpc) is 3.14. The van der Waals surface area contributed by atoms with Crippen molar-refractivity contribution < 1.29 is 13.9 Å². The van der Waals surface area contributed by atoms with E-state index in [9.17, 15) is 4.79 Å².